The van der Waals surface area contributed by atoms with E-state index < -0.39 is 5.06 Å². The molecule has 0 saturated heterocycles. The van der Waals surface area contributed by atoms with Crippen molar-refractivity contribution in [2.45, 2.75) is 12.8 Å². The van der Waals surface area contributed by atoms with Gasteiger partial charge in [0, 0.05) is 11.8 Å². The molecule has 1 aliphatic heterocycles. The van der Waals surface area contributed by atoms with Crippen molar-refractivity contribution in [2.24, 2.45) is 0 Å². The second kappa shape index (κ2) is 2.66. The fraction of sp³-hybridized carbons (Fsp3) is 0.250. The van der Waals surface area contributed by atoms with Gasteiger partial charge in [0.15, 0.2) is 0 Å². The molecule has 0 fully saturated rings. The van der Waals surface area contributed by atoms with Gasteiger partial charge in [-0.1, -0.05) is 0 Å². The summed E-state index contributed by atoms with van der Waals surface area (Å²) in [7, 11) is 0. The van der Waals surface area contributed by atoms with Crippen LogP contribution in [0.3, 0.4) is 0 Å². The zero-order valence-electron chi connectivity index (χ0n) is 6.41. The molecule has 0 bridgehead atoms. The Hall–Kier alpha value is -1.26. The molecule has 1 amide bonds. The van der Waals surface area contributed by atoms with Crippen molar-refractivity contribution < 1.29 is 9.86 Å². The van der Waals surface area contributed by atoms with Gasteiger partial charge in [0.2, 0.25) is 5.82 Å². The number of amides is 1. The largest absolute Gasteiger partial charge is 0.620 e. The van der Waals surface area contributed by atoms with E-state index in [-0.39, 0.29) is 5.91 Å². The lowest BCUT2D eigenvalue weighted by Gasteiger charge is -2.23. The van der Waals surface area contributed by atoms with E-state index in [9.17, 15) is 10.0 Å². The number of aryl methyl sites for hydroxylation is 1. The molecule has 4 nitrogen and oxygen atoms in total. The molecule has 4 heteroatoms. The molecule has 1 unspecified atom stereocenters. The molecule has 0 saturated carbocycles. The number of nitrogens with one attached hydrogen (secondary N) is 1. The van der Waals surface area contributed by atoms with Gasteiger partial charge in [-0.15, -0.1) is 0 Å². The molecule has 2 rings (SSSR count). The van der Waals surface area contributed by atoms with Crippen molar-refractivity contribution >= 4 is 11.7 Å². The summed E-state index contributed by atoms with van der Waals surface area (Å²) in [6.45, 7) is 0. The number of hydroxylamine groups is 1. The van der Waals surface area contributed by atoms with Crippen LogP contribution in [0.5, 0.6) is 0 Å². The highest BCUT2D eigenvalue weighted by molar-refractivity contribution is 5.72. The van der Waals surface area contributed by atoms with Gasteiger partial charge in [-0.05, 0) is 18.6 Å². The third-order valence-corrected chi connectivity index (χ3v) is 1.98. The summed E-state index contributed by atoms with van der Waals surface area (Å²) in [5.74, 6) is 0.0231. The summed E-state index contributed by atoms with van der Waals surface area (Å²) in [5.41, 5.74) is 0.891. The van der Waals surface area contributed by atoms with Crippen LogP contribution in [0.15, 0.2) is 18.3 Å². The summed E-state index contributed by atoms with van der Waals surface area (Å²) in [6, 6.07) is 3.62. The second-order valence-corrected chi connectivity index (χ2v) is 2.76. The molecule has 0 radical (unpaired) electrons. The van der Waals surface area contributed by atoms with Crippen molar-refractivity contribution in [1.29, 1.82) is 0 Å². The van der Waals surface area contributed by atoms with Gasteiger partial charge in [-0.3, -0.25) is 5.06 Å². The van der Waals surface area contributed by atoms with E-state index in [4.69, 9.17) is 0 Å². The zero-order chi connectivity index (χ0) is 8.55. The van der Waals surface area contributed by atoms with Crippen LogP contribution in [0.25, 0.3) is 0 Å². The predicted molar refractivity (Wildman–Crippen MR) is 41.6 cm³/mol. The number of fused-ring (bicyclic) bond motifs is 1. The van der Waals surface area contributed by atoms with Gasteiger partial charge < -0.3 is 5.21 Å². The van der Waals surface area contributed by atoms with Crippen LogP contribution in [-0.2, 0) is 11.2 Å². The Morgan fingerprint density at radius 3 is 3.17 bits per heavy atom. The number of carbonyl (C=O) groups excluding carboxylic acids is 1. The van der Waals surface area contributed by atoms with E-state index in [2.05, 4.69) is 4.98 Å². The standard InChI is InChI=1S/C8H8N2O2/c11-7-4-3-6-2-1-5-9-8(6)10(7)12/h1-2,5,10H,3-4H2. The van der Waals surface area contributed by atoms with Gasteiger partial charge in [-0.2, -0.15) is 0 Å². The lowest BCUT2D eigenvalue weighted by molar-refractivity contribution is -0.694. The van der Waals surface area contributed by atoms with Gasteiger partial charge >= 0.3 is 5.91 Å². The van der Waals surface area contributed by atoms with E-state index in [1.165, 1.54) is 6.20 Å². The first-order valence-corrected chi connectivity index (χ1v) is 3.80. The summed E-state index contributed by atoms with van der Waals surface area (Å²) in [6.07, 6.45) is 2.51. The summed E-state index contributed by atoms with van der Waals surface area (Å²) in [5, 5.41) is 10.8. The second-order valence-electron chi connectivity index (χ2n) is 2.76. The number of nitrogens with zero attached hydrogens (tertiary/aromatic N) is 1. The zero-order valence-corrected chi connectivity index (χ0v) is 6.41. The fourth-order valence-corrected chi connectivity index (χ4v) is 1.34. The van der Waals surface area contributed by atoms with E-state index in [0.717, 1.165) is 5.56 Å². The third kappa shape index (κ3) is 1.01. The number of carbonyl (C=O) groups is 1. The van der Waals surface area contributed by atoms with Crippen molar-refractivity contribution in [1.82, 2.24) is 4.98 Å². The molecule has 62 valence electrons. The summed E-state index contributed by atoms with van der Waals surface area (Å²) < 4.78 is 0. The van der Waals surface area contributed by atoms with Crippen LogP contribution < -0.4 is 5.06 Å². The number of quaternary nitrogens is 1. The molecular formula is C8H8N2O2. The van der Waals surface area contributed by atoms with Gasteiger partial charge in [0.05, 0.1) is 6.42 Å². The first-order valence-electron chi connectivity index (χ1n) is 3.80. The maximum absolute atomic E-state index is 11.2. The highest BCUT2D eigenvalue weighted by Crippen LogP contribution is 2.12. The van der Waals surface area contributed by atoms with Crippen LogP contribution in [-0.4, -0.2) is 10.9 Å². The molecule has 0 aromatic carbocycles. The number of rotatable bonds is 0. The number of hydrogen-bond donors (Lipinski definition) is 1. The normalized spacial score (nSPS) is 22.1. The lowest BCUT2D eigenvalue weighted by atomic mass is 10.1. The van der Waals surface area contributed by atoms with E-state index in [1.54, 1.807) is 6.07 Å². The minimum atomic E-state index is -0.433. The lowest BCUT2D eigenvalue weighted by Crippen LogP contribution is -3.06. The monoisotopic (exact) mass is 164 g/mol. The molecule has 1 N–H and O–H groups in total. The maximum Gasteiger partial charge on any atom is 0.318 e. The Balaban J connectivity index is 2.48. The van der Waals surface area contributed by atoms with Crippen LogP contribution in [0, 0.1) is 5.21 Å². The molecule has 1 aliphatic rings. The molecular weight excluding hydrogens is 156 g/mol. The van der Waals surface area contributed by atoms with Crippen LogP contribution in [0.1, 0.15) is 12.0 Å². The minimum absolute atomic E-state index is 0.318. The van der Waals surface area contributed by atoms with E-state index in [0.29, 0.717) is 18.7 Å². The summed E-state index contributed by atoms with van der Waals surface area (Å²) >= 11 is 0. The number of pyridine rings is 1. The summed E-state index contributed by atoms with van der Waals surface area (Å²) in [4.78, 5) is 14.8. The van der Waals surface area contributed by atoms with Crippen molar-refractivity contribution in [3.8, 4) is 0 Å². The van der Waals surface area contributed by atoms with Crippen LogP contribution in [0.2, 0.25) is 0 Å². The maximum atomic E-state index is 11.2. The Bertz CT molecular complexity index is 325. The van der Waals surface area contributed by atoms with E-state index >= 15 is 0 Å². The van der Waals surface area contributed by atoms with Crippen molar-refractivity contribution in [3.05, 3.63) is 29.1 Å². The Morgan fingerprint density at radius 2 is 2.33 bits per heavy atom. The van der Waals surface area contributed by atoms with Crippen LogP contribution >= 0.6 is 0 Å². The SMILES string of the molecule is O=C1CCc2cccnc2[NH+]1[O-]. The predicted octanol–water partition coefficient (Wildman–Crippen LogP) is -0.431. The molecule has 1 aromatic heterocycles. The highest BCUT2D eigenvalue weighted by atomic mass is 16.5. The smallest absolute Gasteiger partial charge is 0.318 e. The highest BCUT2D eigenvalue weighted by Gasteiger charge is 2.24. The Labute approximate surface area is 69.4 Å². The van der Waals surface area contributed by atoms with Gasteiger partial charge in [0.25, 0.3) is 0 Å². The average molecular weight is 164 g/mol. The Kier molecular flexibility index (Phi) is 1.64. The molecule has 2 heterocycles. The fourth-order valence-electron chi connectivity index (χ4n) is 1.34. The van der Waals surface area contributed by atoms with Gasteiger partial charge in [-0.25, -0.2) is 9.78 Å². The third-order valence-electron chi connectivity index (χ3n) is 1.98. The molecule has 1 atom stereocenters. The quantitative estimate of drug-likeness (QED) is 0.529. The minimum Gasteiger partial charge on any atom is -0.620 e. The molecule has 0 spiro atoms. The van der Waals surface area contributed by atoms with Crippen LogP contribution in [0.4, 0.5) is 5.82 Å². The van der Waals surface area contributed by atoms with Gasteiger partial charge in [0.1, 0.15) is 0 Å². The Morgan fingerprint density at radius 1 is 1.50 bits per heavy atom. The topological polar surface area (TPSA) is 57.5 Å². The van der Waals surface area contributed by atoms with Crippen molar-refractivity contribution in [2.75, 3.05) is 0 Å². The first-order chi connectivity index (χ1) is 5.79. The molecule has 1 aromatic rings. The van der Waals surface area contributed by atoms with Crippen molar-refractivity contribution in [3.63, 3.8) is 0 Å². The molecule has 0 aliphatic carbocycles. The first kappa shape index (κ1) is 7.39. The number of hydrogen-bond acceptors (Lipinski definition) is 3. The molecule has 12 heavy (non-hydrogen) atoms. The average Bonchev–Trinajstić information content (AvgIpc) is 2.12. The number of aromatic nitrogens is 1. The van der Waals surface area contributed by atoms with E-state index in [1.807, 2.05) is 6.07 Å².